The average molecular weight is 382 g/mol. The Labute approximate surface area is 162 Å². The van der Waals surface area contributed by atoms with E-state index in [9.17, 15) is 9.59 Å². The number of rotatable bonds is 7. The van der Waals surface area contributed by atoms with Crippen LogP contribution in [0.4, 0.5) is 0 Å². The standard InChI is InChI=1S/C20H22N4O2S/c1-14-8-10-16(11-9-14)12-21-18(25)15(2)27-20-23-22-19(26)24(20)13-17-6-4-3-5-7-17/h3-11,15H,12-13H2,1-2H3,(H,21,25)(H,22,26). The molecule has 0 aliphatic carbocycles. The quantitative estimate of drug-likeness (QED) is 0.616. The first-order valence-electron chi connectivity index (χ1n) is 8.72. The van der Waals surface area contributed by atoms with Gasteiger partial charge in [-0.3, -0.25) is 9.36 Å². The summed E-state index contributed by atoms with van der Waals surface area (Å²) in [6.07, 6.45) is 0. The van der Waals surface area contributed by atoms with Gasteiger partial charge in [0.15, 0.2) is 5.16 Å². The van der Waals surface area contributed by atoms with E-state index in [4.69, 9.17) is 0 Å². The molecular weight excluding hydrogens is 360 g/mol. The van der Waals surface area contributed by atoms with Gasteiger partial charge >= 0.3 is 5.69 Å². The van der Waals surface area contributed by atoms with Gasteiger partial charge in [-0.1, -0.05) is 71.9 Å². The Morgan fingerprint density at radius 1 is 1.15 bits per heavy atom. The van der Waals surface area contributed by atoms with Gasteiger partial charge in [0.05, 0.1) is 11.8 Å². The molecule has 1 unspecified atom stereocenters. The van der Waals surface area contributed by atoms with Crippen LogP contribution >= 0.6 is 11.8 Å². The van der Waals surface area contributed by atoms with E-state index in [0.717, 1.165) is 11.1 Å². The fraction of sp³-hybridized carbons (Fsp3) is 0.250. The van der Waals surface area contributed by atoms with Crippen molar-refractivity contribution in [2.24, 2.45) is 0 Å². The molecule has 0 aliphatic heterocycles. The zero-order valence-corrected chi connectivity index (χ0v) is 16.1. The van der Waals surface area contributed by atoms with E-state index >= 15 is 0 Å². The first-order chi connectivity index (χ1) is 13.0. The second kappa shape index (κ2) is 8.73. The van der Waals surface area contributed by atoms with Crippen LogP contribution in [-0.2, 0) is 17.9 Å². The number of nitrogens with one attached hydrogen (secondary N) is 2. The van der Waals surface area contributed by atoms with E-state index in [-0.39, 0.29) is 16.8 Å². The number of thioether (sulfide) groups is 1. The van der Waals surface area contributed by atoms with Crippen LogP contribution in [0.2, 0.25) is 0 Å². The van der Waals surface area contributed by atoms with E-state index in [2.05, 4.69) is 15.5 Å². The first kappa shape index (κ1) is 19.0. The minimum absolute atomic E-state index is 0.0951. The summed E-state index contributed by atoms with van der Waals surface area (Å²) in [5.41, 5.74) is 2.95. The Morgan fingerprint density at radius 2 is 1.85 bits per heavy atom. The molecule has 3 rings (SSSR count). The highest BCUT2D eigenvalue weighted by atomic mass is 32.2. The second-order valence-corrected chi connectivity index (χ2v) is 7.65. The molecule has 0 saturated heterocycles. The maximum absolute atomic E-state index is 12.4. The third kappa shape index (κ3) is 5.10. The average Bonchev–Trinajstić information content (AvgIpc) is 3.01. The Kier molecular flexibility index (Phi) is 6.13. The fourth-order valence-corrected chi connectivity index (χ4v) is 3.43. The summed E-state index contributed by atoms with van der Waals surface area (Å²) in [7, 11) is 0. The Morgan fingerprint density at radius 3 is 2.56 bits per heavy atom. The number of aryl methyl sites for hydroxylation is 1. The fourth-order valence-electron chi connectivity index (χ4n) is 2.55. The van der Waals surface area contributed by atoms with Gasteiger partial charge in [0.25, 0.3) is 0 Å². The Bertz CT molecular complexity index is 948. The first-order valence-corrected chi connectivity index (χ1v) is 9.60. The summed E-state index contributed by atoms with van der Waals surface area (Å²) in [6.45, 7) is 4.72. The summed E-state index contributed by atoms with van der Waals surface area (Å²) in [5, 5.41) is 9.60. The lowest BCUT2D eigenvalue weighted by atomic mass is 10.1. The van der Waals surface area contributed by atoms with Gasteiger partial charge < -0.3 is 5.32 Å². The molecule has 27 heavy (non-hydrogen) atoms. The maximum Gasteiger partial charge on any atom is 0.344 e. The van der Waals surface area contributed by atoms with Crippen LogP contribution in [0, 0.1) is 6.92 Å². The topological polar surface area (TPSA) is 79.8 Å². The number of hydrogen-bond acceptors (Lipinski definition) is 4. The minimum Gasteiger partial charge on any atom is -0.351 e. The van der Waals surface area contributed by atoms with Crippen molar-refractivity contribution < 1.29 is 4.79 Å². The van der Waals surface area contributed by atoms with Gasteiger partial charge in [0.1, 0.15) is 0 Å². The van der Waals surface area contributed by atoms with Gasteiger partial charge in [0.2, 0.25) is 5.91 Å². The summed E-state index contributed by atoms with van der Waals surface area (Å²) >= 11 is 1.26. The summed E-state index contributed by atoms with van der Waals surface area (Å²) in [4.78, 5) is 24.5. The van der Waals surface area contributed by atoms with Gasteiger partial charge in [0, 0.05) is 6.54 Å². The summed E-state index contributed by atoms with van der Waals surface area (Å²) in [6, 6.07) is 17.7. The molecule has 3 aromatic rings. The summed E-state index contributed by atoms with van der Waals surface area (Å²) < 4.78 is 1.55. The van der Waals surface area contributed by atoms with Gasteiger partial charge in [-0.05, 0) is 25.0 Å². The summed E-state index contributed by atoms with van der Waals surface area (Å²) in [5.74, 6) is -0.0951. The number of aromatic amines is 1. The molecule has 0 saturated carbocycles. The highest BCUT2D eigenvalue weighted by Gasteiger charge is 2.19. The Balaban J connectivity index is 1.62. The molecule has 140 valence electrons. The van der Waals surface area contributed by atoms with E-state index in [1.54, 1.807) is 11.5 Å². The van der Waals surface area contributed by atoms with Crippen molar-refractivity contribution in [2.75, 3.05) is 0 Å². The third-order valence-corrected chi connectivity index (χ3v) is 5.24. The van der Waals surface area contributed by atoms with Crippen molar-refractivity contribution in [1.29, 1.82) is 0 Å². The van der Waals surface area contributed by atoms with Gasteiger partial charge in [-0.15, -0.1) is 5.10 Å². The van der Waals surface area contributed by atoms with Crippen molar-refractivity contribution in [2.45, 2.75) is 37.3 Å². The van der Waals surface area contributed by atoms with Crippen LogP contribution in [0.5, 0.6) is 0 Å². The monoisotopic (exact) mass is 382 g/mol. The molecule has 0 radical (unpaired) electrons. The molecule has 7 heteroatoms. The molecule has 1 heterocycles. The number of hydrogen-bond donors (Lipinski definition) is 2. The zero-order valence-electron chi connectivity index (χ0n) is 15.3. The van der Waals surface area contributed by atoms with Crippen molar-refractivity contribution in [3.8, 4) is 0 Å². The predicted molar refractivity (Wildman–Crippen MR) is 107 cm³/mol. The van der Waals surface area contributed by atoms with E-state index in [1.807, 2.05) is 61.5 Å². The second-order valence-electron chi connectivity index (χ2n) is 6.35. The smallest absolute Gasteiger partial charge is 0.344 e. The normalized spacial score (nSPS) is 11.9. The van der Waals surface area contributed by atoms with Crippen molar-refractivity contribution in [3.63, 3.8) is 0 Å². The molecule has 2 aromatic carbocycles. The highest BCUT2D eigenvalue weighted by Crippen LogP contribution is 2.20. The largest absolute Gasteiger partial charge is 0.351 e. The van der Waals surface area contributed by atoms with Crippen LogP contribution in [0.15, 0.2) is 64.5 Å². The van der Waals surface area contributed by atoms with Crippen molar-refractivity contribution in [1.82, 2.24) is 20.1 Å². The van der Waals surface area contributed by atoms with Crippen LogP contribution < -0.4 is 11.0 Å². The lowest BCUT2D eigenvalue weighted by Crippen LogP contribution is -2.31. The Hall–Kier alpha value is -2.80. The number of carbonyl (C=O) groups is 1. The predicted octanol–water partition coefficient (Wildman–Crippen LogP) is 2.73. The number of carbonyl (C=O) groups excluding carboxylic acids is 1. The lowest BCUT2D eigenvalue weighted by Gasteiger charge is -2.12. The van der Waals surface area contributed by atoms with Crippen LogP contribution in [0.3, 0.4) is 0 Å². The number of benzene rings is 2. The third-order valence-electron chi connectivity index (χ3n) is 4.15. The molecule has 0 fully saturated rings. The SMILES string of the molecule is Cc1ccc(CNC(=O)C(C)Sc2n[nH]c(=O)n2Cc2ccccc2)cc1. The van der Waals surface area contributed by atoms with E-state index in [0.29, 0.717) is 18.2 Å². The molecule has 0 aliphatic rings. The number of nitrogens with zero attached hydrogens (tertiary/aromatic N) is 2. The molecule has 0 bridgehead atoms. The minimum atomic E-state index is -0.375. The highest BCUT2D eigenvalue weighted by molar-refractivity contribution is 8.00. The van der Waals surface area contributed by atoms with Crippen LogP contribution in [0.25, 0.3) is 0 Å². The van der Waals surface area contributed by atoms with E-state index < -0.39 is 0 Å². The molecule has 0 spiro atoms. The zero-order chi connectivity index (χ0) is 19.2. The lowest BCUT2D eigenvalue weighted by molar-refractivity contribution is -0.120. The van der Waals surface area contributed by atoms with E-state index in [1.165, 1.54) is 17.3 Å². The molecular formula is C20H22N4O2S. The number of aromatic nitrogens is 3. The van der Waals surface area contributed by atoms with Crippen LogP contribution in [-0.4, -0.2) is 25.9 Å². The number of H-pyrrole nitrogens is 1. The molecule has 1 amide bonds. The number of amides is 1. The van der Waals surface area contributed by atoms with Crippen LogP contribution in [0.1, 0.15) is 23.6 Å². The van der Waals surface area contributed by atoms with Gasteiger partial charge in [-0.2, -0.15) is 0 Å². The van der Waals surface area contributed by atoms with Crippen molar-refractivity contribution in [3.05, 3.63) is 81.8 Å². The van der Waals surface area contributed by atoms with Gasteiger partial charge in [-0.25, -0.2) is 9.89 Å². The molecule has 2 N–H and O–H groups in total. The molecule has 1 atom stereocenters. The molecule has 6 nitrogen and oxygen atoms in total. The maximum atomic E-state index is 12.4. The molecule has 1 aromatic heterocycles. The van der Waals surface area contributed by atoms with Crippen molar-refractivity contribution >= 4 is 17.7 Å².